The molecule has 9 heavy (non-hydrogen) atoms. The molecule has 1 aromatic heterocycles. The van der Waals surface area contributed by atoms with E-state index in [1.807, 2.05) is 0 Å². The van der Waals surface area contributed by atoms with Crippen LogP contribution in [0.1, 0.15) is 0 Å². The molecule has 0 fully saturated rings. The highest BCUT2D eigenvalue weighted by molar-refractivity contribution is 8.13. The minimum atomic E-state index is -3.72. The molecule has 0 amide bonds. The van der Waals surface area contributed by atoms with Gasteiger partial charge in [-0.2, -0.15) is 0 Å². The van der Waals surface area contributed by atoms with Crippen LogP contribution in [0.4, 0.5) is 0 Å². The van der Waals surface area contributed by atoms with Crippen LogP contribution in [-0.2, 0) is 9.05 Å². The van der Waals surface area contributed by atoms with Gasteiger partial charge in [0.2, 0.25) is 0 Å². The normalized spacial score (nSPS) is 11.7. The quantitative estimate of drug-likeness (QED) is 0.575. The predicted octanol–water partition coefficient (Wildman–Crippen LogP) is 0.602. The average molecular weight is 168 g/mol. The number of nitrogens with zero attached hydrogens (tertiary/aromatic N) is 1. The molecule has 1 heterocycles. The van der Waals surface area contributed by atoms with Crippen molar-refractivity contribution in [3.63, 3.8) is 0 Å². The largest absolute Gasteiger partial charge is 0.431 e. The summed E-state index contributed by atoms with van der Waals surface area (Å²) in [6, 6.07) is 0. The van der Waals surface area contributed by atoms with Gasteiger partial charge in [0.1, 0.15) is 0 Å². The van der Waals surface area contributed by atoms with Gasteiger partial charge in [-0.05, 0) is 0 Å². The molecule has 0 saturated carbocycles. The zero-order valence-corrected chi connectivity index (χ0v) is 5.69. The Morgan fingerprint density at radius 3 is 2.56 bits per heavy atom. The molecule has 50 valence electrons. The highest BCUT2D eigenvalue weighted by Crippen LogP contribution is 2.11. The second-order valence-corrected chi connectivity index (χ2v) is 3.76. The lowest BCUT2D eigenvalue weighted by Crippen LogP contribution is -1.85. The van der Waals surface area contributed by atoms with Gasteiger partial charge in [-0.25, -0.2) is 13.4 Å². The second-order valence-electron chi connectivity index (χ2n) is 1.26. The lowest BCUT2D eigenvalue weighted by atomic mass is 11.0. The molecule has 0 aliphatic rings. The van der Waals surface area contributed by atoms with Gasteiger partial charge in [-0.1, -0.05) is 0 Å². The fourth-order valence-electron chi connectivity index (χ4n) is 0.325. The Bertz CT molecular complexity index is 276. The first-order chi connectivity index (χ1) is 4.11. The van der Waals surface area contributed by atoms with Crippen molar-refractivity contribution in [2.75, 3.05) is 0 Å². The summed E-state index contributed by atoms with van der Waals surface area (Å²) >= 11 is 0. The standard InChI is InChI=1S/C3H2ClNO3S/c4-9(6,7)3-1-5-2-8-3/h1-2H. The molecule has 0 aromatic carbocycles. The van der Waals surface area contributed by atoms with E-state index in [0.29, 0.717) is 0 Å². The van der Waals surface area contributed by atoms with E-state index in [9.17, 15) is 8.42 Å². The summed E-state index contributed by atoms with van der Waals surface area (Å²) in [4.78, 5) is 3.36. The Balaban J connectivity index is 3.20. The summed E-state index contributed by atoms with van der Waals surface area (Å²) in [5.74, 6) is 0. The zero-order valence-electron chi connectivity index (χ0n) is 4.11. The third kappa shape index (κ3) is 1.43. The maximum Gasteiger partial charge on any atom is 0.296 e. The highest BCUT2D eigenvalue weighted by atomic mass is 35.7. The van der Waals surface area contributed by atoms with Gasteiger partial charge >= 0.3 is 0 Å². The summed E-state index contributed by atoms with van der Waals surface area (Å²) in [7, 11) is 1.12. The van der Waals surface area contributed by atoms with Crippen LogP contribution in [0.3, 0.4) is 0 Å². The van der Waals surface area contributed by atoms with Crippen molar-refractivity contribution in [2.45, 2.75) is 5.09 Å². The maximum absolute atomic E-state index is 10.3. The molecule has 0 aliphatic carbocycles. The SMILES string of the molecule is O=S(=O)(Cl)c1cnco1. The second kappa shape index (κ2) is 2.00. The summed E-state index contributed by atoms with van der Waals surface area (Å²) in [6.07, 6.45) is 2.03. The minimum Gasteiger partial charge on any atom is -0.431 e. The number of hydrogen-bond donors (Lipinski definition) is 0. The van der Waals surface area contributed by atoms with Crippen LogP contribution < -0.4 is 0 Å². The highest BCUT2D eigenvalue weighted by Gasteiger charge is 2.12. The summed E-state index contributed by atoms with van der Waals surface area (Å²) < 4.78 is 25.0. The van der Waals surface area contributed by atoms with Crippen molar-refractivity contribution in [3.05, 3.63) is 12.6 Å². The molecule has 0 saturated heterocycles. The fraction of sp³-hybridized carbons (Fsp3) is 0. The van der Waals surface area contributed by atoms with E-state index >= 15 is 0 Å². The monoisotopic (exact) mass is 167 g/mol. The van der Waals surface area contributed by atoms with Gasteiger partial charge in [-0.15, -0.1) is 0 Å². The van der Waals surface area contributed by atoms with Crippen LogP contribution >= 0.6 is 10.7 Å². The van der Waals surface area contributed by atoms with E-state index in [-0.39, 0.29) is 5.09 Å². The maximum atomic E-state index is 10.3. The Kier molecular flexibility index (Phi) is 1.46. The smallest absolute Gasteiger partial charge is 0.296 e. The molecule has 1 aromatic rings. The number of aromatic nitrogens is 1. The Hall–Kier alpha value is -0.550. The van der Waals surface area contributed by atoms with E-state index in [1.165, 1.54) is 0 Å². The molecular formula is C3H2ClNO3S. The molecule has 6 heteroatoms. The summed E-state index contributed by atoms with van der Waals surface area (Å²) in [5.41, 5.74) is 0. The average Bonchev–Trinajstić information content (AvgIpc) is 2.08. The third-order valence-electron chi connectivity index (χ3n) is 0.650. The van der Waals surface area contributed by atoms with Crippen LogP contribution in [0.25, 0.3) is 0 Å². The van der Waals surface area contributed by atoms with Gasteiger partial charge in [0.15, 0.2) is 6.39 Å². The van der Waals surface area contributed by atoms with Crippen molar-refractivity contribution < 1.29 is 12.8 Å². The van der Waals surface area contributed by atoms with Crippen LogP contribution in [0.5, 0.6) is 0 Å². The summed E-state index contributed by atoms with van der Waals surface area (Å²) in [5, 5.41) is -0.329. The van der Waals surface area contributed by atoms with E-state index in [2.05, 4.69) is 9.40 Å². The number of oxazole rings is 1. The number of hydrogen-bond acceptors (Lipinski definition) is 4. The molecule has 4 nitrogen and oxygen atoms in total. The first-order valence-electron chi connectivity index (χ1n) is 1.94. The molecule has 0 radical (unpaired) electrons. The topological polar surface area (TPSA) is 60.2 Å². The molecule has 1 rings (SSSR count). The number of rotatable bonds is 1. The van der Waals surface area contributed by atoms with Crippen molar-refractivity contribution in [1.82, 2.24) is 4.98 Å². The van der Waals surface area contributed by atoms with Crippen LogP contribution in [0, 0.1) is 0 Å². The molecular weight excluding hydrogens is 166 g/mol. The predicted molar refractivity (Wildman–Crippen MR) is 29.5 cm³/mol. The van der Waals surface area contributed by atoms with Crippen molar-refractivity contribution in [1.29, 1.82) is 0 Å². The van der Waals surface area contributed by atoms with Gasteiger partial charge in [-0.3, -0.25) is 0 Å². The van der Waals surface area contributed by atoms with E-state index < -0.39 is 9.05 Å². The first kappa shape index (κ1) is 6.57. The lowest BCUT2D eigenvalue weighted by molar-refractivity contribution is 0.451. The van der Waals surface area contributed by atoms with Gasteiger partial charge in [0, 0.05) is 10.7 Å². The fourth-order valence-corrected chi connectivity index (χ4v) is 0.898. The Morgan fingerprint density at radius 2 is 2.33 bits per heavy atom. The lowest BCUT2D eigenvalue weighted by Gasteiger charge is -1.81. The first-order valence-corrected chi connectivity index (χ1v) is 4.25. The van der Waals surface area contributed by atoms with Gasteiger partial charge in [0.25, 0.3) is 14.1 Å². The Morgan fingerprint density at radius 1 is 1.67 bits per heavy atom. The van der Waals surface area contributed by atoms with Crippen molar-refractivity contribution in [2.24, 2.45) is 0 Å². The molecule has 0 N–H and O–H groups in total. The zero-order chi connectivity index (χ0) is 6.91. The molecule has 0 spiro atoms. The molecule has 0 unspecified atom stereocenters. The van der Waals surface area contributed by atoms with Crippen LogP contribution in [-0.4, -0.2) is 13.4 Å². The minimum absolute atomic E-state index is 0.329. The van der Waals surface area contributed by atoms with E-state index in [0.717, 1.165) is 12.6 Å². The van der Waals surface area contributed by atoms with Gasteiger partial charge < -0.3 is 4.42 Å². The van der Waals surface area contributed by atoms with E-state index in [4.69, 9.17) is 10.7 Å². The van der Waals surface area contributed by atoms with E-state index in [1.54, 1.807) is 0 Å². The molecule has 0 bridgehead atoms. The van der Waals surface area contributed by atoms with Crippen molar-refractivity contribution in [3.8, 4) is 0 Å². The third-order valence-corrected chi connectivity index (χ3v) is 1.79. The summed E-state index contributed by atoms with van der Waals surface area (Å²) in [6.45, 7) is 0. The van der Waals surface area contributed by atoms with Crippen molar-refractivity contribution >= 4 is 19.7 Å². The van der Waals surface area contributed by atoms with Crippen LogP contribution in [0.2, 0.25) is 0 Å². The molecule has 0 aliphatic heterocycles. The van der Waals surface area contributed by atoms with Gasteiger partial charge in [0.05, 0.1) is 6.20 Å². The van der Waals surface area contributed by atoms with Crippen LogP contribution in [0.15, 0.2) is 22.1 Å². The Labute approximate surface area is 55.9 Å². The molecule has 0 atom stereocenters. The number of halogens is 1.